The lowest BCUT2D eigenvalue weighted by atomic mass is 9.99. The minimum absolute atomic E-state index is 0.250. The van der Waals surface area contributed by atoms with Crippen LogP contribution >= 0.6 is 0 Å². The molecule has 0 aliphatic carbocycles. The van der Waals surface area contributed by atoms with Gasteiger partial charge in [0.15, 0.2) is 0 Å². The Morgan fingerprint density at radius 2 is 2.12 bits per heavy atom. The summed E-state index contributed by atoms with van der Waals surface area (Å²) in [5.74, 6) is 0. The van der Waals surface area contributed by atoms with Crippen LogP contribution < -0.4 is 16.0 Å². The highest BCUT2D eigenvalue weighted by Crippen LogP contribution is 2.16. The number of carbonyl (C=O) groups is 3. The zero-order valence-corrected chi connectivity index (χ0v) is 9.32. The van der Waals surface area contributed by atoms with Crippen molar-refractivity contribution < 1.29 is 19.5 Å². The van der Waals surface area contributed by atoms with Gasteiger partial charge in [-0.3, -0.25) is 4.79 Å². The molecule has 2 unspecified atom stereocenters. The third kappa shape index (κ3) is 4.26. The highest BCUT2D eigenvalue weighted by molar-refractivity contribution is 5.80. The highest BCUT2D eigenvalue weighted by atomic mass is 16.3. The summed E-state index contributed by atoms with van der Waals surface area (Å²) < 4.78 is 0. The van der Waals surface area contributed by atoms with Crippen LogP contribution in [0.15, 0.2) is 0 Å². The Morgan fingerprint density at radius 1 is 1.56 bits per heavy atom. The number of rotatable bonds is 2. The summed E-state index contributed by atoms with van der Waals surface area (Å²) in [5, 5.41) is 15.1. The summed E-state index contributed by atoms with van der Waals surface area (Å²) in [5.41, 5.74) is -0.723. The summed E-state index contributed by atoms with van der Waals surface area (Å²) in [6.07, 6.45) is 1.45. The van der Waals surface area contributed by atoms with Crippen LogP contribution in [0.25, 0.3) is 0 Å². The van der Waals surface area contributed by atoms with E-state index >= 15 is 0 Å². The second-order valence-electron chi connectivity index (χ2n) is 3.57. The zero-order valence-electron chi connectivity index (χ0n) is 9.32. The van der Waals surface area contributed by atoms with Gasteiger partial charge in [0.2, 0.25) is 0 Å². The van der Waals surface area contributed by atoms with E-state index in [2.05, 4.69) is 16.0 Å². The van der Waals surface area contributed by atoms with Gasteiger partial charge in [0.1, 0.15) is 11.8 Å². The number of aldehydes is 1. The third-order valence-corrected chi connectivity index (χ3v) is 2.25. The molecule has 1 saturated heterocycles. The van der Waals surface area contributed by atoms with E-state index in [1.165, 1.54) is 7.05 Å². The third-order valence-electron chi connectivity index (χ3n) is 2.25. The number of urea groups is 1. The van der Waals surface area contributed by atoms with Crippen molar-refractivity contribution in [1.82, 2.24) is 16.0 Å². The Bertz CT molecular complexity index is 259. The molecule has 0 aromatic heterocycles. The molecule has 7 nitrogen and oxygen atoms in total. The molecule has 0 spiro atoms. The summed E-state index contributed by atoms with van der Waals surface area (Å²) in [7, 11) is 1.53. The predicted molar refractivity (Wildman–Crippen MR) is 57.2 cm³/mol. The Labute approximate surface area is 93.6 Å². The van der Waals surface area contributed by atoms with Gasteiger partial charge in [-0.2, -0.15) is 0 Å². The van der Waals surface area contributed by atoms with Gasteiger partial charge in [0.05, 0.1) is 0 Å². The number of hydrogen-bond acceptors (Lipinski definition) is 4. The summed E-state index contributed by atoms with van der Waals surface area (Å²) in [6, 6.07) is -0.0506. The molecule has 92 valence electrons. The zero-order chi connectivity index (χ0) is 12.6. The molecule has 7 heteroatoms. The van der Waals surface area contributed by atoms with Gasteiger partial charge in [-0.05, 0) is 13.3 Å². The molecule has 2 amide bonds. The van der Waals surface area contributed by atoms with Crippen molar-refractivity contribution in [2.75, 3.05) is 13.6 Å². The fourth-order valence-corrected chi connectivity index (χ4v) is 1.55. The normalized spacial score (nSPS) is 27.2. The molecule has 1 aliphatic rings. The summed E-state index contributed by atoms with van der Waals surface area (Å²) in [6.45, 7) is 2.24. The van der Waals surface area contributed by atoms with Crippen molar-refractivity contribution in [2.45, 2.75) is 24.9 Å². The van der Waals surface area contributed by atoms with Crippen molar-refractivity contribution in [2.24, 2.45) is 0 Å². The molecule has 1 fully saturated rings. The molecule has 0 bridgehead atoms. The lowest BCUT2D eigenvalue weighted by Crippen LogP contribution is -2.54. The molecule has 1 heterocycles. The Morgan fingerprint density at radius 3 is 2.44 bits per heavy atom. The molecule has 0 saturated carbocycles. The Balaban J connectivity index is 0.000000673. The highest BCUT2D eigenvalue weighted by Gasteiger charge is 2.38. The second-order valence-corrected chi connectivity index (χ2v) is 3.57. The van der Waals surface area contributed by atoms with E-state index in [9.17, 15) is 9.59 Å². The number of hydrogen-bond donors (Lipinski definition) is 4. The van der Waals surface area contributed by atoms with Crippen molar-refractivity contribution in [3.63, 3.8) is 0 Å². The maximum Gasteiger partial charge on any atom is 0.315 e. The van der Waals surface area contributed by atoms with E-state index < -0.39 is 5.54 Å². The van der Waals surface area contributed by atoms with E-state index in [1.807, 2.05) is 6.92 Å². The van der Waals surface area contributed by atoms with Crippen molar-refractivity contribution in [3.8, 4) is 0 Å². The average molecular weight is 231 g/mol. The van der Waals surface area contributed by atoms with Crippen molar-refractivity contribution in [1.29, 1.82) is 0 Å². The minimum Gasteiger partial charge on any atom is -0.483 e. The lowest BCUT2D eigenvalue weighted by Gasteiger charge is -2.22. The maximum atomic E-state index is 11.0. The van der Waals surface area contributed by atoms with E-state index in [1.54, 1.807) is 0 Å². The fraction of sp³-hybridized carbons (Fsp3) is 0.667. The van der Waals surface area contributed by atoms with Crippen LogP contribution in [-0.2, 0) is 9.59 Å². The number of carbonyl (C=O) groups excluding carboxylic acids is 2. The lowest BCUT2D eigenvalue weighted by molar-refractivity contribution is -0.122. The Hall–Kier alpha value is -1.63. The maximum absolute atomic E-state index is 11.0. The molecule has 16 heavy (non-hydrogen) atoms. The molecule has 0 radical (unpaired) electrons. The van der Waals surface area contributed by atoms with E-state index in [4.69, 9.17) is 9.90 Å². The summed E-state index contributed by atoms with van der Waals surface area (Å²) >= 11 is 0. The van der Waals surface area contributed by atoms with Crippen LogP contribution in [-0.4, -0.2) is 49.1 Å². The van der Waals surface area contributed by atoms with Crippen LogP contribution in [0, 0.1) is 0 Å². The minimum atomic E-state index is -0.723. The van der Waals surface area contributed by atoms with E-state index in [-0.39, 0.29) is 18.5 Å². The van der Waals surface area contributed by atoms with E-state index in [0.717, 1.165) is 6.29 Å². The smallest absolute Gasteiger partial charge is 0.315 e. The fourth-order valence-electron chi connectivity index (χ4n) is 1.55. The average Bonchev–Trinajstić information content (AvgIpc) is 2.62. The number of carboxylic acid groups (broad SMARTS) is 1. The molecule has 4 N–H and O–H groups in total. The van der Waals surface area contributed by atoms with E-state index in [0.29, 0.717) is 13.0 Å². The van der Waals surface area contributed by atoms with Gasteiger partial charge in [-0.15, -0.1) is 0 Å². The molecule has 1 aliphatic heterocycles. The van der Waals surface area contributed by atoms with Gasteiger partial charge in [0.25, 0.3) is 6.47 Å². The van der Waals surface area contributed by atoms with Crippen LogP contribution in [0.5, 0.6) is 0 Å². The Kier molecular flexibility index (Phi) is 6.09. The summed E-state index contributed by atoms with van der Waals surface area (Å²) in [4.78, 5) is 30.2. The predicted octanol–water partition coefficient (Wildman–Crippen LogP) is -1.06. The quantitative estimate of drug-likeness (QED) is 0.453. The number of nitrogens with one attached hydrogen (secondary N) is 3. The first-order chi connectivity index (χ1) is 7.53. The van der Waals surface area contributed by atoms with Gasteiger partial charge < -0.3 is 25.9 Å². The molecular formula is C9H17N3O4. The molecular weight excluding hydrogens is 214 g/mol. The standard InChI is InChI=1S/C8H15N3O2.CH2O2/c1-6-3-8(5-12,4-10-6)11-7(13)9-2;2-1-3/h5-6,10H,3-4H2,1-2H3,(H2,9,11,13);1H,(H,2,3). The van der Waals surface area contributed by atoms with Gasteiger partial charge in [-0.25, -0.2) is 4.79 Å². The SMILES string of the molecule is CNC(=O)NC1(C=O)CNC(C)C1.O=CO. The van der Waals surface area contributed by atoms with Crippen LogP contribution in [0.2, 0.25) is 0 Å². The van der Waals surface area contributed by atoms with Gasteiger partial charge in [-0.1, -0.05) is 0 Å². The van der Waals surface area contributed by atoms with Crippen LogP contribution in [0.4, 0.5) is 4.79 Å². The monoisotopic (exact) mass is 231 g/mol. The molecule has 2 atom stereocenters. The van der Waals surface area contributed by atoms with Crippen molar-refractivity contribution in [3.05, 3.63) is 0 Å². The first-order valence-corrected chi connectivity index (χ1v) is 4.81. The molecule has 0 aromatic rings. The van der Waals surface area contributed by atoms with Gasteiger partial charge in [0, 0.05) is 19.6 Å². The van der Waals surface area contributed by atoms with Crippen LogP contribution in [0.1, 0.15) is 13.3 Å². The number of amides is 2. The van der Waals surface area contributed by atoms with Gasteiger partial charge >= 0.3 is 6.03 Å². The molecule has 0 aromatic carbocycles. The van der Waals surface area contributed by atoms with Crippen molar-refractivity contribution >= 4 is 18.8 Å². The molecule has 1 rings (SSSR count). The second kappa shape index (κ2) is 6.78. The first kappa shape index (κ1) is 14.4. The topological polar surface area (TPSA) is 108 Å². The van der Waals surface area contributed by atoms with Crippen LogP contribution in [0.3, 0.4) is 0 Å². The largest absolute Gasteiger partial charge is 0.483 e. The first-order valence-electron chi connectivity index (χ1n) is 4.81.